The molecule has 0 aliphatic carbocycles. The molecule has 0 spiro atoms. The van der Waals surface area contributed by atoms with Crippen molar-refractivity contribution in [1.82, 2.24) is 0 Å². The summed E-state index contributed by atoms with van der Waals surface area (Å²) < 4.78 is 5.84. The van der Waals surface area contributed by atoms with E-state index in [2.05, 4.69) is 18.7 Å². The highest BCUT2D eigenvalue weighted by Gasteiger charge is 2.09. The van der Waals surface area contributed by atoms with E-state index in [0.29, 0.717) is 23.7 Å². The van der Waals surface area contributed by atoms with Gasteiger partial charge in [0.1, 0.15) is 12.4 Å². The van der Waals surface area contributed by atoms with E-state index in [1.807, 2.05) is 54.6 Å². The molecular formula is C22H26ClN2O2. The highest BCUT2D eigenvalue weighted by Crippen LogP contribution is 2.22. The van der Waals surface area contributed by atoms with Gasteiger partial charge in [0.05, 0.1) is 0 Å². The molecule has 0 fully saturated rings. The first-order valence-corrected chi connectivity index (χ1v) is 9.21. The van der Waals surface area contributed by atoms with Gasteiger partial charge in [-0.05, 0) is 54.8 Å². The van der Waals surface area contributed by atoms with Crippen molar-refractivity contribution in [3.63, 3.8) is 0 Å². The zero-order valence-electron chi connectivity index (χ0n) is 16.0. The lowest BCUT2D eigenvalue weighted by molar-refractivity contribution is -0.114. The minimum atomic E-state index is -0.391. The quantitative estimate of drug-likeness (QED) is 0.632. The first-order valence-electron chi connectivity index (χ1n) is 8.83. The second-order valence-electron chi connectivity index (χ2n) is 6.75. The number of amides is 1. The smallest absolute Gasteiger partial charge is 0.244 e. The predicted molar refractivity (Wildman–Crippen MR) is 112 cm³/mol. The largest absolute Gasteiger partial charge is 0.489 e. The maximum Gasteiger partial charge on any atom is 0.244 e. The van der Waals surface area contributed by atoms with Gasteiger partial charge in [0.2, 0.25) is 5.91 Å². The molecule has 0 aliphatic heterocycles. The van der Waals surface area contributed by atoms with E-state index in [4.69, 9.17) is 22.1 Å². The summed E-state index contributed by atoms with van der Waals surface area (Å²) in [5.74, 6) is 1.69. The lowest BCUT2D eigenvalue weighted by Crippen LogP contribution is -2.27. The van der Waals surface area contributed by atoms with Gasteiger partial charge in [-0.25, -0.2) is 0 Å². The van der Waals surface area contributed by atoms with Gasteiger partial charge < -0.3 is 15.4 Å². The number of hydrogen-bond donors (Lipinski definition) is 1. The van der Waals surface area contributed by atoms with Crippen LogP contribution in [0.1, 0.15) is 26.3 Å². The summed E-state index contributed by atoms with van der Waals surface area (Å²) in [6.45, 7) is 7.81. The van der Waals surface area contributed by atoms with Gasteiger partial charge in [-0.2, -0.15) is 0 Å². The fraction of sp³-hybridized carbons (Fsp3) is 0.273. The molecule has 0 unspecified atom stereocenters. The van der Waals surface area contributed by atoms with E-state index in [-0.39, 0.29) is 0 Å². The van der Waals surface area contributed by atoms with Gasteiger partial charge >= 0.3 is 0 Å². The molecule has 0 aliphatic rings. The standard InChI is InChI=1S/C22H26ClN2O2/c1-16(2)14-25(13-12-17(3)22(24)26)20-8-10-21(11-9-20)27-15-18-4-6-19(23)7-5-18/h4-12H,13-15H2,1-3H3,(H2,24,26). The van der Waals surface area contributed by atoms with Gasteiger partial charge in [0.15, 0.2) is 0 Å². The fourth-order valence-corrected chi connectivity index (χ4v) is 2.62. The molecule has 143 valence electrons. The van der Waals surface area contributed by atoms with Crippen LogP contribution in [0.2, 0.25) is 5.02 Å². The predicted octanol–water partition coefficient (Wildman–Crippen LogP) is 4.77. The number of rotatable bonds is 9. The Labute approximate surface area is 166 Å². The van der Waals surface area contributed by atoms with Crippen LogP contribution in [-0.4, -0.2) is 19.0 Å². The molecule has 0 saturated carbocycles. The summed E-state index contributed by atoms with van der Waals surface area (Å²) in [6.07, 6.45) is 1.86. The summed E-state index contributed by atoms with van der Waals surface area (Å²) in [4.78, 5) is 13.4. The molecule has 2 rings (SSSR count). The van der Waals surface area contributed by atoms with Crippen molar-refractivity contribution in [1.29, 1.82) is 0 Å². The summed E-state index contributed by atoms with van der Waals surface area (Å²) >= 11 is 5.90. The van der Waals surface area contributed by atoms with Crippen LogP contribution in [0.15, 0.2) is 60.2 Å². The van der Waals surface area contributed by atoms with Crippen LogP contribution < -0.4 is 15.4 Å². The third-order valence-corrected chi connectivity index (χ3v) is 4.29. The highest BCUT2D eigenvalue weighted by molar-refractivity contribution is 6.30. The van der Waals surface area contributed by atoms with Gasteiger partial charge in [0, 0.05) is 29.4 Å². The Morgan fingerprint density at radius 3 is 2.26 bits per heavy atom. The molecule has 0 bridgehead atoms. The molecule has 2 N–H and O–H groups in total. The Morgan fingerprint density at radius 2 is 1.70 bits per heavy atom. The molecule has 2 aromatic carbocycles. The molecule has 2 aromatic rings. The SMILES string of the molecule is C[C](C)CN(CC=C(C)C(N)=O)c1ccc(OCc2ccc(Cl)cc2)cc1. The second-order valence-corrected chi connectivity index (χ2v) is 7.18. The number of carbonyl (C=O) groups excluding carboxylic acids is 1. The van der Waals surface area contributed by atoms with Crippen LogP contribution in [-0.2, 0) is 11.4 Å². The molecule has 1 radical (unpaired) electrons. The summed E-state index contributed by atoms with van der Waals surface area (Å²) in [5.41, 5.74) is 8.01. The third kappa shape index (κ3) is 6.99. The monoisotopic (exact) mass is 385 g/mol. The molecule has 0 atom stereocenters. The van der Waals surface area contributed by atoms with Crippen LogP contribution in [0.3, 0.4) is 0 Å². The Bertz CT molecular complexity index is 768. The van der Waals surface area contributed by atoms with Crippen LogP contribution in [0.25, 0.3) is 0 Å². The van der Waals surface area contributed by atoms with E-state index < -0.39 is 5.91 Å². The summed E-state index contributed by atoms with van der Waals surface area (Å²) in [5, 5.41) is 0.715. The molecular weight excluding hydrogens is 360 g/mol. The van der Waals surface area contributed by atoms with Crippen LogP contribution >= 0.6 is 11.6 Å². The summed E-state index contributed by atoms with van der Waals surface area (Å²) in [6, 6.07) is 15.6. The number of nitrogens with two attached hydrogens (primary N) is 1. The maximum absolute atomic E-state index is 11.2. The number of halogens is 1. The average molecular weight is 386 g/mol. The number of primary amides is 1. The van der Waals surface area contributed by atoms with Gasteiger partial charge in [0.25, 0.3) is 0 Å². The third-order valence-electron chi connectivity index (χ3n) is 4.03. The van der Waals surface area contributed by atoms with Crippen molar-refractivity contribution in [2.45, 2.75) is 27.4 Å². The zero-order valence-corrected chi connectivity index (χ0v) is 16.8. The maximum atomic E-state index is 11.2. The minimum absolute atomic E-state index is 0.391. The first-order chi connectivity index (χ1) is 12.8. The van der Waals surface area contributed by atoms with E-state index in [9.17, 15) is 4.79 Å². The molecule has 5 heteroatoms. The Kier molecular flexibility index (Phi) is 7.74. The molecule has 4 nitrogen and oxygen atoms in total. The average Bonchev–Trinajstić information content (AvgIpc) is 2.64. The zero-order chi connectivity index (χ0) is 19.8. The van der Waals surface area contributed by atoms with E-state index in [1.54, 1.807) is 6.92 Å². The topological polar surface area (TPSA) is 55.6 Å². The Morgan fingerprint density at radius 1 is 1.07 bits per heavy atom. The van der Waals surface area contributed by atoms with E-state index in [1.165, 1.54) is 5.92 Å². The van der Waals surface area contributed by atoms with Crippen molar-refractivity contribution in [3.8, 4) is 5.75 Å². The number of ether oxygens (including phenoxy) is 1. The number of carbonyl (C=O) groups is 1. The van der Waals surface area contributed by atoms with Crippen LogP contribution in [0.4, 0.5) is 5.69 Å². The van der Waals surface area contributed by atoms with Crippen molar-refractivity contribution < 1.29 is 9.53 Å². The van der Waals surface area contributed by atoms with Crippen molar-refractivity contribution in [2.24, 2.45) is 5.73 Å². The van der Waals surface area contributed by atoms with Crippen molar-refractivity contribution in [3.05, 3.63) is 76.7 Å². The number of hydrogen-bond acceptors (Lipinski definition) is 3. The molecule has 0 aromatic heterocycles. The van der Waals surface area contributed by atoms with Gasteiger partial charge in [-0.3, -0.25) is 4.79 Å². The molecule has 1 amide bonds. The number of benzene rings is 2. The summed E-state index contributed by atoms with van der Waals surface area (Å²) in [7, 11) is 0. The van der Waals surface area contributed by atoms with Crippen LogP contribution in [0, 0.1) is 5.92 Å². The van der Waals surface area contributed by atoms with Crippen molar-refractivity contribution >= 4 is 23.2 Å². The lowest BCUT2D eigenvalue weighted by atomic mass is 10.1. The Balaban J connectivity index is 2.03. The number of nitrogens with zero attached hydrogens (tertiary/aromatic N) is 1. The molecule has 0 saturated heterocycles. The van der Waals surface area contributed by atoms with Gasteiger partial charge in [-0.1, -0.05) is 43.7 Å². The number of anilines is 1. The fourth-order valence-electron chi connectivity index (χ4n) is 2.49. The first kappa shape index (κ1) is 20.8. The second kappa shape index (κ2) is 10.0. The highest BCUT2D eigenvalue weighted by atomic mass is 35.5. The van der Waals surface area contributed by atoms with E-state index in [0.717, 1.165) is 23.5 Å². The minimum Gasteiger partial charge on any atom is -0.489 e. The van der Waals surface area contributed by atoms with Crippen molar-refractivity contribution in [2.75, 3.05) is 18.0 Å². The lowest BCUT2D eigenvalue weighted by Gasteiger charge is -2.25. The molecule has 27 heavy (non-hydrogen) atoms. The van der Waals surface area contributed by atoms with E-state index >= 15 is 0 Å². The molecule has 0 heterocycles. The Hall–Kier alpha value is -2.46. The van der Waals surface area contributed by atoms with Gasteiger partial charge in [-0.15, -0.1) is 0 Å². The van der Waals surface area contributed by atoms with Crippen LogP contribution in [0.5, 0.6) is 5.75 Å². The normalized spacial score (nSPS) is 11.5.